The highest BCUT2D eigenvalue weighted by Crippen LogP contribution is 2.53. The molecule has 98 valence electrons. The van der Waals surface area contributed by atoms with E-state index in [0.717, 1.165) is 12.8 Å². The maximum absolute atomic E-state index is 11.8. The molecule has 1 atom stereocenters. The molecule has 0 aromatic carbocycles. The molecule has 3 nitrogen and oxygen atoms in total. The van der Waals surface area contributed by atoms with Crippen molar-refractivity contribution in [2.45, 2.75) is 66.1 Å². The van der Waals surface area contributed by atoms with Crippen LogP contribution in [0.15, 0.2) is 0 Å². The van der Waals surface area contributed by atoms with Crippen molar-refractivity contribution in [3.8, 4) is 0 Å². The summed E-state index contributed by atoms with van der Waals surface area (Å²) in [5.41, 5.74) is -0.417. The number of rotatable bonds is 5. The number of sulfonamides is 1. The first-order chi connectivity index (χ1) is 6.87. The van der Waals surface area contributed by atoms with Crippen molar-refractivity contribution < 1.29 is 8.42 Å². The molecule has 0 heterocycles. The van der Waals surface area contributed by atoms with Crippen LogP contribution in [0.3, 0.4) is 0 Å². The van der Waals surface area contributed by atoms with Gasteiger partial charge in [0.1, 0.15) is 0 Å². The van der Waals surface area contributed by atoms with Crippen molar-refractivity contribution in [1.29, 1.82) is 0 Å². The standard InChI is InChI=1S/C12H27NO2S/c1-8-10(3,4)12(7,9-2)11(5,6)16(13,14)15/h8-9H2,1-7H3,(H2,13,14,15). The van der Waals surface area contributed by atoms with Crippen LogP contribution in [-0.2, 0) is 10.0 Å². The molecule has 2 N–H and O–H groups in total. The quantitative estimate of drug-likeness (QED) is 0.814. The van der Waals surface area contributed by atoms with E-state index in [1.165, 1.54) is 0 Å². The molecular weight excluding hydrogens is 222 g/mol. The first-order valence-corrected chi connectivity index (χ1v) is 7.44. The molecule has 0 amide bonds. The van der Waals surface area contributed by atoms with Crippen LogP contribution >= 0.6 is 0 Å². The van der Waals surface area contributed by atoms with Crippen LogP contribution in [0.1, 0.15) is 61.3 Å². The zero-order valence-electron chi connectivity index (χ0n) is 11.7. The summed E-state index contributed by atoms with van der Waals surface area (Å²) in [4.78, 5) is 0. The molecule has 0 aromatic heterocycles. The van der Waals surface area contributed by atoms with Crippen LogP contribution < -0.4 is 5.14 Å². The lowest BCUT2D eigenvalue weighted by atomic mass is 9.58. The van der Waals surface area contributed by atoms with E-state index >= 15 is 0 Å². The Balaban J connectivity index is 5.79. The maximum atomic E-state index is 11.8. The number of hydrogen-bond acceptors (Lipinski definition) is 2. The molecule has 0 saturated heterocycles. The third-order valence-corrected chi connectivity index (χ3v) is 7.00. The summed E-state index contributed by atoms with van der Waals surface area (Å²) in [5.74, 6) is 0. The van der Waals surface area contributed by atoms with Crippen LogP contribution in [0, 0.1) is 10.8 Å². The summed E-state index contributed by atoms with van der Waals surface area (Å²) in [6.07, 6.45) is 1.72. The van der Waals surface area contributed by atoms with Crippen molar-refractivity contribution in [3.63, 3.8) is 0 Å². The van der Waals surface area contributed by atoms with Gasteiger partial charge in [0.2, 0.25) is 10.0 Å². The number of primary sulfonamides is 1. The molecule has 0 radical (unpaired) electrons. The minimum absolute atomic E-state index is 0.0717. The van der Waals surface area contributed by atoms with Crippen LogP contribution in [0.2, 0.25) is 0 Å². The zero-order chi connectivity index (χ0) is 13.4. The Kier molecular flexibility index (Phi) is 4.27. The summed E-state index contributed by atoms with van der Waals surface area (Å²) in [6.45, 7) is 13.9. The van der Waals surface area contributed by atoms with Crippen LogP contribution in [-0.4, -0.2) is 13.2 Å². The first kappa shape index (κ1) is 15.9. The smallest absolute Gasteiger partial charge is 0.214 e. The van der Waals surface area contributed by atoms with Gasteiger partial charge in [0.15, 0.2) is 0 Å². The molecule has 0 aliphatic rings. The van der Waals surface area contributed by atoms with E-state index < -0.39 is 14.8 Å². The van der Waals surface area contributed by atoms with Gasteiger partial charge in [-0.3, -0.25) is 0 Å². The van der Waals surface area contributed by atoms with E-state index in [2.05, 4.69) is 20.8 Å². The second-order valence-corrected chi connectivity index (χ2v) is 8.09. The van der Waals surface area contributed by atoms with Crippen LogP contribution in [0.5, 0.6) is 0 Å². The zero-order valence-corrected chi connectivity index (χ0v) is 12.5. The molecule has 0 aliphatic carbocycles. The average molecular weight is 249 g/mol. The molecule has 0 spiro atoms. The lowest BCUT2D eigenvalue weighted by Crippen LogP contribution is -2.57. The molecule has 0 fully saturated rings. The molecule has 0 rings (SSSR count). The minimum Gasteiger partial charge on any atom is -0.228 e. The Morgan fingerprint density at radius 3 is 1.50 bits per heavy atom. The van der Waals surface area contributed by atoms with E-state index in [1.54, 1.807) is 13.8 Å². The maximum Gasteiger partial charge on any atom is 0.214 e. The van der Waals surface area contributed by atoms with E-state index in [1.807, 2.05) is 13.8 Å². The second-order valence-electron chi connectivity index (χ2n) is 5.98. The van der Waals surface area contributed by atoms with Gasteiger partial charge in [0.25, 0.3) is 0 Å². The summed E-state index contributed by atoms with van der Waals surface area (Å²) in [7, 11) is -3.57. The van der Waals surface area contributed by atoms with E-state index in [0.29, 0.717) is 0 Å². The molecule has 0 saturated carbocycles. The van der Waals surface area contributed by atoms with E-state index in [4.69, 9.17) is 5.14 Å². The topological polar surface area (TPSA) is 60.2 Å². The molecule has 4 heteroatoms. The summed E-state index contributed by atoms with van der Waals surface area (Å²) in [5, 5.41) is 5.40. The summed E-state index contributed by atoms with van der Waals surface area (Å²) in [6, 6.07) is 0. The predicted octanol–water partition coefficient (Wildman–Crippen LogP) is 2.91. The highest BCUT2D eigenvalue weighted by molar-refractivity contribution is 7.90. The number of hydrogen-bond donors (Lipinski definition) is 1. The third kappa shape index (κ3) is 2.14. The van der Waals surface area contributed by atoms with Crippen LogP contribution in [0.4, 0.5) is 0 Å². The summed E-state index contributed by atoms with van der Waals surface area (Å²) >= 11 is 0. The fourth-order valence-corrected chi connectivity index (χ4v) is 3.47. The largest absolute Gasteiger partial charge is 0.228 e. The molecule has 0 aromatic rings. The molecule has 1 unspecified atom stereocenters. The van der Waals surface area contributed by atoms with Crippen molar-refractivity contribution in [2.24, 2.45) is 16.0 Å². The Bertz CT molecular complexity index is 344. The fourth-order valence-electron chi connectivity index (χ4n) is 2.42. The molecule has 0 bridgehead atoms. The molecular formula is C12H27NO2S. The Labute approximate surface area is 101 Å². The Morgan fingerprint density at radius 1 is 0.938 bits per heavy atom. The van der Waals surface area contributed by atoms with Crippen molar-refractivity contribution in [1.82, 2.24) is 0 Å². The van der Waals surface area contributed by atoms with E-state index in [9.17, 15) is 8.42 Å². The van der Waals surface area contributed by atoms with Gasteiger partial charge < -0.3 is 0 Å². The van der Waals surface area contributed by atoms with Gasteiger partial charge >= 0.3 is 0 Å². The van der Waals surface area contributed by atoms with Gasteiger partial charge in [0.05, 0.1) is 4.75 Å². The van der Waals surface area contributed by atoms with Crippen LogP contribution in [0.25, 0.3) is 0 Å². The first-order valence-electron chi connectivity index (χ1n) is 5.89. The van der Waals surface area contributed by atoms with Crippen molar-refractivity contribution in [3.05, 3.63) is 0 Å². The Morgan fingerprint density at radius 2 is 1.31 bits per heavy atom. The van der Waals surface area contributed by atoms with Crippen molar-refractivity contribution >= 4 is 10.0 Å². The summed E-state index contributed by atoms with van der Waals surface area (Å²) < 4.78 is 22.7. The van der Waals surface area contributed by atoms with Gasteiger partial charge in [-0.15, -0.1) is 0 Å². The van der Waals surface area contributed by atoms with Gasteiger partial charge in [-0.2, -0.15) is 0 Å². The van der Waals surface area contributed by atoms with Gasteiger partial charge in [-0.1, -0.05) is 41.0 Å². The Hall–Kier alpha value is -0.0900. The van der Waals surface area contributed by atoms with Gasteiger partial charge in [0, 0.05) is 0 Å². The minimum atomic E-state index is -3.57. The highest BCUT2D eigenvalue weighted by atomic mass is 32.2. The van der Waals surface area contributed by atoms with Gasteiger partial charge in [-0.25, -0.2) is 13.6 Å². The third-order valence-electron chi connectivity index (χ3n) is 5.12. The molecule has 0 aliphatic heterocycles. The lowest BCUT2D eigenvalue weighted by molar-refractivity contribution is 0.0410. The van der Waals surface area contributed by atoms with E-state index in [-0.39, 0.29) is 10.8 Å². The highest BCUT2D eigenvalue weighted by Gasteiger charge is 2.54. The predicted molar refractivity (Wildman–Crippen MR) is 69.7 cm³/mol. The van der Waals surface area contributed by atoms with Crippen molar-refractivity contribution in [2.75, 3.05) is 0 Å². The SMILES string of the molecule is CCC(C)(C)C(C)(CC)C(C)(C)S(N)(=O)=O. The lowest BCUT2D eigenvalue weighted by Gasteiger charge is -2.52. The monoisotopic (exact) mass is 249 g/mol. The second kappa shape index (κ2) is 4.30. The molecule has 16 heavy (non-hydrogen) atoms. The normalized spacial score (nSPS) is 18.2. The number of nitrogens with two attached hydrogens (primary N) is 1. The average Bonchev–Trinajstić information content (AvgIpc) is 2.14. The van der Waals surface area contributed by atoms with Gasteiger partial charge in [-0.05, 0) is 31.1 Å². The fraction of sp³-hybridized carbons (Fsp3) is 1.00.